The lowest BCUT2D eigenvalue weighted by atomic mass is 10.4. The fourth-order valence-corrected chi connectivity index (χ4v) is 1.94. The number of hydrogen-bond donors (Lipinski definition) is 2. The quantitative estimate of drug-likeness (QED) is 0.366. The molecule has 0 aliphatic rings. The highest BCUT2D eigenvalue weighted by molar-refractivity contribution is 7.99. The lowest BCUT2D eigenvalue weighted by Crippen LogP contribution is -2.11. The molecular formula is C10H12N6S. The van der Waals surface area contributed by atoms with E-state index in [1.807, 2.05) is 19.9 Å². The molecule has 0 saturated heterocycles. The molecule has 2 rings (SSSR count). The maximum Gasteiger partial charge on any atom is 0.238 e. The van der Waals surface area contributed by atoms with Crippen LogP contribution in [0, 0.1) is 13.8 Å². The molecule has 7 heteroatoms. The summed E-state index contributed by atoms with van der Waals surface area (Å²) in [5.74, 6) is 5.67. The Morgan fingerprint density at radius 2 is 1.88 bits per heavy atom. The average Bonchev–Trinajstić information content (AvgIpc) is 2.31. The minimum absolute atomic E-state index is 0.389. The van der Waals surface area contributed by atoms with E-state index >= 15 is 0 Å². The van der Waals surface area contributed by atoms with Gasteiger partial charge in [-0.1, -0.05) is 0 Å². The molecule has 17 heavy (non-hydrogen) atoms. The molecule has 0 saturated carbocycles. The Morgan fingerprint density at radius 1 is 1.18 bits per heavy atom. The number of hydrazine groups is 1. The summed E-state index contributed by atoms with van der Waals surface area (Å²) in [4.78, 5) is 16.7. The number of nitrogens with one attached hydrogen (secondary N) is 1. The van der Waals surface area contributed by atoms with Crippen LogP contribution in [0.1, 0.15) is 11.3 Å². The molecule has 88 valence electrons. The van der Waals surface area contributed by atoms with E-state index in [9.17, 15) is 0 Å². The average molecular weight is 248 g/mol. The van der Waals surface area contributed by atoms with E-state index < -0.39 is 0 Å². The summed E-state index contributed by atoms with van der Waals surface area (Å²) in [6.45, 7) is 3.82. The zero-order valence-corrected chi connectivity index (χ0v) is 10.3. The van der Waals surface area contributed by atoms with Crippen LogP contribution in [0.2, 0.25) is 0 Å². The summed E-state index contributed by atoms with van der Waals surface area (Å²) in [6, 6.07) is 1.86. The summed E-state index contributed by atoms with van der Waals surface area (Å²) in [7, 11) is 0. The van der Waals surface area contributed by atoms with Crippen molar-refractivity contribution in [3.05, 3.63) is 29.7 Å². The van der Waals surface area contributed by atoms with Crippen molar-refractivity contribution in [3.63, 3.8) is 0 Å². The monoisotopic (exact) mass is 248 g/mol. The normalized spacial score (nSPS) is 10.3. The summed E-state index contributed by atoms with van der Waals surface area (Å²) in [5.41, 5.74) is 4.29. The van der Waals surface area contributed by atoms with Gasteiger partial charge in [-0.05, 0) is 37.2 Å². The summed E-state index contributed by atoms with van der Waals surface area (Å²) < 4.78 is 0. The minimum atomic E-state index is 0.389. The van der Waals surface area contributed by atoms with Gasteiger partial charge >= 0.3 is 0 Å². The molecule has 0 aliphatic carbocycles. The Hall–Kier alpha value is -1.73. The number of aryl methyl sites for hydroxylation is 2. The molecule has 0 amide bonds. The first-order chi connectivity index (χ1) is 8.17. The van der Waals surface area contributed by atoms with Gasteiger partial charge in [0.1, 0.15) is 5.03 Å². The lowest BCUT2D eigenvalue weighted by molar-refractivity contribution is 0.936. The second-order valence-electron chi connectivity index (χ2n) is 3.46. The Balaban J connectivity index is 2.23. The molecule has 0 aliphatic heterocycles. The van der Waals surface area contributed by atoms with Crippen LogP contribution in [0.5, 0.6) is 0 Å². The summed E-state index contributed by atoms with van der Waals surface area (Å²) in [6.07, 6.45) is 3.54. The van der Waals surface area contributed by atoms with Gasteiger partial charge < -0.3 is 0 Å². The van der Waals surface area contributed by atoms with E-state index in [4.69, 9.17) is 5.84 Å². The third-order valence-electron chi connectivity index (χ3n) is 1.91. The van der Waals surface area contributed by atoms with E-state index in [-0.39, 0.29) is 0 Å². The van der Waals surface area contributed by atoms with Crippen molar-refractivity contribution < 1.29 is 0 Å². The van der Waals surface area contributed by atoms with Gasteiger partial charge in [-0.2, -0.15) is 0 Å². The predicted molar refractivity (Wildman–Crippen MR) is 65.5 cm³/mol. The molecule has 0 spiro atoms. The Labute approximate surface area is 103 Å². The van der Waals surface area contributed by atoms with Gasteiger partial charge in [0.05, 0.1) is 0 Å². The molecule has 0 bridgehead atoms. The Bertz CT molecular complexity index is 513. The molecular weight excluding hydrogens is 236 g/mol. The van der Waals surface area contributed by atoms with Crippen LogP contribution in [0.15, 0.2) is 28.6 Å². The van der Waals surface area contributed by atoms with E-state index in [0.717, 1.165) is 16.3 Å². The SMILES string of the molecule is Cc1cnc(Sc2cc(C)nc(NN)n2)nc1. The van der Waals surface area contributed by atoms with Crippen LogP contribution in [-0.4, -0.2) is 19.9 Å². The highest BCUT2D eigenvalue weighted by Gasteiger charge is 2.05. The molecule has 2 aromatic heterocycles. The van der Waals surface area contributed by atoms with Crippen LogP contribution < -0.4 is 11.3 Å². The Morgan fingerprint density at radius 3 is 2.53 bits per heavy atom. The van der Waals surface area contributed by atoms with Crippen LogP contribution in [0.3, 0.4) is 0 Å². The van der Waals surface area contributed by atoms with Crippen molar-refractivity contribution in [3.8, 4) is 0 Å². The second kappa shape index (κ2) is 5.07. The standard InChI is InChI=1S/C10H12N6S/c1-6-4-12-10(13-5-6)17-8-3-7(2)14-9(15-8)16-11/h3-5H,11H2,1-2H3,(H,14,15,16). The van der Waals surface area contributed by atoms with Gasteiger partial charge in [0.25, 0.3) is 0 Å². The van der Waals surface area contributed by atoms with Crippen molar-refractivity contribution in [2.75, 3.05) is 5.43 Å². The van der Waals surface area contributed by atoms with Crippen LogP contribution in [0.25, 0.3) is 0 Å². The molecule has 0 aromatic carbocycles. The molecule has 0 atom stereocenters. The Kier molecular flexibility index (Phi) is 3.50. The first kappa shape index (κ1) is 11.7. The first-order valence-electron chi connectivity index (χ1n) is 4.96. The maximum atomic E-state index is 5.29. The van der Waals surface area contributed by atoms with Crippen molar-refractivity contribution in [2.45, 2.75) is 24.0 Å². The number of nitrogens with two attached hydrogens (primary N) is 1. The third kappa shape index (κ3) is 3.11. The van der Waals surface area contributed by atoms with Crippen LogP contribution >= 0.6 is 11.8 Å². The van der Waals surface area contributed by atoms with E-state index in [0.29, 0.717) is 11.1 Å². The zero-order valence-electron chi connectivity index (χ0n) is 9.51. The summed E-state index contributed by atoms with van der Waals surface area (Å²) >= 11 is 1.37. The van der Waals surface area contributed by atoms with Crippen molar-refractivity contribution in [1.29, 1.82) is 0 Å². The van der Waals surface area contributed by atoms with Crippen molar-refractivity contribution >= 4 is 17.7 Å². The molecule has 0 unspecified atom stereocenters. The number of hydrogen-bond acceptors (Lipinski definition) is 7. The van der Waals surface area contributed by atoms with Crippen molar-refractivity contribution in [2.24, 2.45) is 5.84 Å². The number of nitrogen functional groups attached to an aromatic ring is 1. The highest BCUT2D eigenvalue weighted by Crippen LogP contribution is 2.23. The van der Waals surface area contributed by atoms with Gasteiger partial charge in [-0.15, -0.1) is 0 Å². The van der Waals surface area contributed by atoms with Gasteiger partial charge in [0.15, 0.2) is 5.16 Å². The van der Waals surface area contributed by atoms with E-state index in [1.54, 1.807) is 12.4 Å². The number of nitrogens with zero attached hydrogens (tertiary/aromatic N) is 4. The lowest BCUT2D eigenvalue weighted by Gasteiger charge is -2.03. The van der Waals surface area contributed by atoms with Crippen LogP contribution in [0.4, 0.5) is 5.95 Å². The molecule has 2 aromatic rings. The molecule has 2 heterocycles. The largest absolute Gasteiger partial charge is 0.292 e. The van der Waals surface area contributed by atoms with E-state index in [2.05, 4.69) is 25.4 Å². The van der Waals surface area contributed by atoms with Gasteiger partial charge in [0.2, 0.25) is 5.95 Å². The molecule has 6 nitrogen and oxygen atoms in total. The number of anilines is 1. The number of rotatable bonds is 3. The predicted octanol–water partition coefficient (Wildman–Crippen LogP) is 1.32. The summed E-state index contributed by atoms with van der Waals surface area (Å²) in [5, 5.41) is 1.41. The molecule has 0 fully saturated rings. The number of aromatic nitrogens is 4. The van der Waals surface area contributed by atoms with Crippen molar-refractivity contribution in [1.82, 2.24) is 19.9 Å². The van der Waals surface area contributed by atoms with E-state index in [1.165, 1.54) is 11.8 Å². The highest BCUT2D eigenvalue weighted by atomic mass is 32.2. The van der Waals surface area contributed by atoms with Crippen LogP contribution in [-0.2, 0) is 0 Å². The topological polar surface area (TPSA) is 89.6 Å². The second-order valence-corrected chi connectivity index (χ2v) is 4.45. The third-order valence-corrected chi connectivity index (χ3v) is 2.72. The zero-order chi connectivity index (χ0) is 12.3. The molecule has 0 radical (unpaired) electrons. The molecule has 3 N–H and O–H groups in total. The van der Waals surface area contributed by atoms with Gasteiger partial charge in [0, 0.05) is 18.1 Å². The van der Waals surface area contributed by atoms with Gasteiger partial charge in [-0.25, -0.2) is 25.8 Å². The smallest absolute Gasteiger partial charge is 0.238 e. The fraction of sp³-hybridized carbons (Fsp3) is 0.200. The minimum Gasteiger partial charge on any atom is -0.292 e. The maximum absolute atomic E-state index is 5.29. The van der Waals surface area contributed by atoms with Gasteiger partial charge in [-0.3, -0.25) is 5.43 Å². The first-order valence-corrected chi connectivity index (χ1v) is 5.78. The fourth-order valence-electron chi connectivity index (χ4n) is 1.18.